The van der Waals surface area contributed by atoms with Gasteiger partial charge >= 0.3 is 12.1 Å². The van der Waals surface area contributed by atoms with Gasteiger partial charge in [0, 0.05) is 55.6 Å². The van der Waals surface area contributed by atoms with Gasteiger partial charge in [-0.2, -0.15) is 18.2 Å². The van der Waals surface area contributed by atoms with Gasteiger partial charge in [-0.25, -0.2) is 9.97 Å². The average molecular weight is 762 g/mol. The third-order valence-corrected chi connectivity index (χ3v) is 8.55. The standard InChI is InChI=1S/C35H46F3N9O7/c1-21(2)29(49)45-33-44-28-27(31(51)46-33)43-24(19-41-28)20-47(32(52)35(36,37)38)25-10-8-23(9-11-25)30(50)42-22(3)7-12-26(48)40-16-18-54-34(53-17-15-39)13-5-4-6-14-34/h8-11,19,21-22H,4-7,12-18,20,39H2,1-3H3,(H,40,48)(H,42,50)(H2,41,44,45,46,49,51)/t22-/m1/s1. The predicted molar refractivity (Wildman–Crippen MR) is 191 cm³/mol. The van der Waals surface area contributed by atoms with E-state index in [2.05, 4.69) is 35.9 Å². The van der Waals surface area contributed by atoms with Crippen LogP contribution >= 0.6 is 0 Å². The van der Waals surface area contributed by atoms with E-state index in [0.29, 0.717) is 24.5 Å². The van der Waals surface area contributed by atoms with E-state index in [9.17, 15) is 37.1 Å². The second-order valence-electron chi connectivity index (χ2n) is 13.2. The Kier molecular flexibility index (Phi) is 14.6. The third-order valence-electron chi connectivity index (χ3n) is 8.55. The highest BCUT2D eigenvalue weighted by Crippen LogP contribution is 2.32. The number of benzene rings is 1. The summed E-state index contributed by atoms with van der Waals surface area (Å²) in [4.78, 5) is 77.3. The minimum Gasteiger partial charge on any atom is -0.354 e. The van der Waals surface area contributed by atoms with E-state index in [1.54, 1.807) is 20.8 Å². The topological polar surface area (TPSA) is 224 Å². The van der Waals surface area contributed by atoms with Gasteiger partial charge in [0.15, 0.2) is 17.0 Å². The molecule has 3 aromatic rings. The number of amides is 4. The Hall–Kier alpha value is -5.01. The molecule has 1 aliphatic rings. The van der Waals surface area contributed by atoms with Gasteiger partial charge in [0.05, 0.1) is 31.6 Å². The molecule has 0 radical (unpaired) electrons. The number of nitrogens with zero attached hydrogens (tertiary/aromatic N) is 4. The SMILES string of the molecule is CC(C)C(=O)Nc1nc2ncc(CN(C(=O)C(F)(F)F)c3ccc(C(=O)N[C@H](C)CCC(=O)NCCOC4(OCCN)CCCCC4)cc3)nc2c(=O)[nH]1. The first kappa shape index (κ1) is 41.7. The van der Waals surface area contributed by atoms with Gasteiger partial charge in [0.1, 0.15) is 0 Å². The fraction of sp³-hybridized carbons (Fsp3) is 0.543. The molecule has 16 nitrogen and oxygen atoms in total. The van der Waals surface area contributed by atoms with Crippen molar-refractivity contribution in [1.82, 2.24) is 30.6 Å². The summed E-state index contributed by atoms with van der Waals surface area (Å²) in [6.07, 6.45) is 0.884. The zero-order valence-corrected chi connectivity index (χ0v) is 30.4. The van der Waals surface area contributed by atoms with Crippen LogP contribution in [-0.4, -0.2) is 87.9 Å². The summed E-state index contributed by atoms with van der Waals surface area (Å²) in [5.41, 5.74) is 4.01. The molecule has 0 unspecified atom stereocenters. The van der Waals surface area contributed by atoms with Crippen molar-refractivity contribution in [3.63, 3.8) is 0 Å². The number of rotatable bonds is 17. The molecule has 2 aromatic heterocycles. The van der Waals surface area contributed by atoms with Crippen molar-refractivity contribution in [3.8, 4) is 0 Å². The zero-order valence-electron chi connectivity index (χ0n) is 30.4. The summed E-state index contributed by atoms with van der Waals surface area (Å²) < 4.78 is 52.9. The molecule has 1 saturated carbocycles. The van der Waals surface area contributed by atoms with Crippen LogP contribution in [-0.2, 0) is 30.4 Å². The second kappa shape index (κ2) is 18.8. The summed E-state index contributed by atoms with van der Waals surface area (Å²) in [7, 11) is 0. The highest BCUT2D eigenvalue weighted by Gasteiger charge is 2.43. The van der Waals surface area contributed by atoms with E-state index >= 15 is 0 Å². The molecule has 0 spiro atoms. The Morgan fingerprint density at radius 2 is 1.70 bits per heavy atom. The molecule has 0 bridgehead atoms. The number of carbonyl (C=O) groups is 4. The molecular weight excluding hydrogens is 715 g/mol. The van der Waals surface area contributed by atoms with Crippen molar-refractivity contribution in [1.29, 1.82) is 0 Å². The fourth-order valence-corrected chi connectivity index (χ4v) is 5.65. The van der Waals surface area contributed by atoms with Crippen LogP contribution in [0, 0.1) is 5.92 Å². The first-order valence-electron chi connectivity index (χ1n) is 17.7. The molecule has 294 valence electrons. The lowest BCUT2D eigenvalue weighted by molar-refractivity contribution is -0.250. The van der Waals surface area contributed by atoms with Crippen LogP contribution < -0.4 is 32.1 Å². The van der Waals surface area contributed by atoms with Crippen LogP contribution in [0.25, 0.3) is 11.2 Å². The number of fused-ring (bicyclic) bond motifs is 1. The van der Waals surface area contributed by atoms with Crippen LogP contribution in [0.2, 0.25) is 0 Å². The quantitative estimate of drug-likeness (QED) is 0.0993. The normalized spacial score (nSPS) is 14.7. The molecule has 2 heterocycles. The smallest absolute Gasteiger partial charge is 0.354 e. The Bertz CT molecular complexity index is 1830. The van der Waals surface area contributed by atoms with Gasteiger partial charge in [-0.15, -0.1) is 0 Å². The first-order chi connectivity index (χ1) is 25.6. The van der Waals surface area contributed by atoms with Crippen molar-refractivity contribution in [2.75, 3.05) is 36.5 Å². The number of alkyl halides is 3. The number of hydrogen-bond acceptors (Lipinski definition) is 11. The highest BCUT2D eigenvalue weighted by molar-refractivity contribution is 5.99. The van der Waals surface area contributed by atoms with Crippen LogP contribution in [0.4, 0.5) is 24.8 Å². The number of anilines is 2. The lowest BCUT2D eigenvalue weighted by Crippen LogP contribution is -2.41. The molecular formula is C35H46F3N9O7. The van der Waals surface area contributed by atoms with Crippen molar-refractivity contribution in [2.24, 2.45) is 11.7 Å². The Morgan fingerprint density at radius 1 is 1.02 bits per heavy atom. The number of hydrogen-bond donors (Lipinski definition) is 5. The van der Waals surface area contributed by atoms with Gasteiger partial charge in [0.2, 0.25) is 17.8 Å². The van der Waals surface area contributed by atoms with Crippen molar-refractivity contribution in [3.05, 3.63) is 52.1 Å². The monoisotopic (exact) mass is 761 g/mol. The predicted octanol–water partition coefficient (Wildman–Crippen LogP) is 3.07. The number of H-pyrrole nitrogens is 1. The summed E-state index contributed by atoms with van der Waals surface area (Å²) >= 11 is 0. The number of ether oxygens (including phenoxy) is 2. The maximum Gasteiger partial charge on any atom is 0.471 e. The molecule has 0 aliphatic heterocycles. The van der Waals surface area contributed by atoms with Crippen molar-refractivity contribution >= 4 is 46.4 Å². The van der Waals surface area contributed by atoms with E-state index in [1.165, 1.54) is 24.3 Å². The van der Waals surface area contributed by atoms with Crippen molar-refractivity contribution < 1.29 is 41.8 Å². The van der Waals surface area contributed by atoms with Crippen molar-refractivity contribution in [2.45, 2.75) is 90.3 Å². The number of aromatic amines is 1. The molecule has 4 rings (SSSR count). The first-order valence-corrected chi connectivity index (χ1v) is 17.7. The van der Waals surface area contributed by atoms with Crippen LogP contribution in [0.5, 0.6) is 0 Å². The summed E-state index contributed by atoms with van der Waals surface area (Å²) in [5, 5.41) is 7.98. The van der Waals surface area contributed by atoms with E-state index in [-0.39, 0.29) is 59.5 Å². The van der Waals surface area contributed by atoms with Gasteiger partial charge < -0.3 is 25.8 Å². The number of carbonyl (C=O) groups excluding carboxylic acids is 4. The van der Waals surface area contributed by atoms with Gasteiger partial charge in [-0.1, -0.05) is 20.3 Å². The van der Waals surface area contributed by atoms with E-state index < -0.39 is 53.7 Å². The number of aromatic nitrogens is 4. The van der Waals surface area contributed by atoms with Crippen LogP contribution in [0.3, 0.4) is 0 Å². The molecule has 54 heavy (non-hydrogen) atoms. The second-order valence-corrected chi connectivity index (χ2v) is 13.2. The number of nitrogens with two attached hydrogens (primary N) is 1. The number of nitrogens with one attached hydrogen (secondary N) is 4. The number of halogens is 3. The lowest BCUT2D eigenvalue weighted by atomic mass is 9.94. The summed E-state index contributed by atoms with van der Waals surface area (Å²) in [5.74, 6) is -4.66. The Morgan fingerprint density at radius 3 is 2.35 bits per heavy atom. The summed E-state index contributed by atoms with van der Waals surface area (Å²) in [6, 6.07) is 4.42. The Labute approximate surface area is 309 Å². The molecule has 1 atom stereocenters. The van der Waals surface area contributed by atoms with Gasteiger partial charge in [-0.3, -0.25) is 39.2 Å². The van der Waals surface area contributed by atoms with E-state index in [4.69, 9.17) is 15.2 Å². The Balaban J connectivity index is 1.33. The van der Waals surface area contributed by atoms with Crippen LogP contribution in [0.1, 0.15) is 81.8 Å². The van der Waals surface area contributed by atoms with E-state index in [1.807, 2.05) is 0 Å². The molecule has 0 saturated heterocycles. The van der Waals surface area contributed by atoms with Gasteiger partial charge in [0.25, 0.3) is 11.5 Å². The van der Waals surface area contributed by atoms with Gasteiger partial charge in [-0.05, 0) is 50.5 Å². The molecule has 4 amide bonds. The minimum atomic E-state index is -5.27. The minimum absolute atomic E-state index is 0.101. The maximum atomic E-state index is 13.7. The zero-order chi connectivity index (χ0) is 39.5. The molecule has 6 N–H and O–H groups in total. The van der Waals surface area contributed by atoms with Crippen LogP contribution in [0.15, 0.2) is 35.3 Å². The lowest BCUT2D eigenvalue weighted by Gasteiger charge is -2.37. The molecule has 1 fully saturated rings. The molecule has 1 aromatic carbocycles. The average Bonchev–Trinajstić information content (AvgIpc) is 3.14. The maximum absolute atomic E-state index is 13.7. The largest absolute Gasteiger partial charge is 0.471 e. The third kappa shape index (κ3) is 11.7. The summed E-state index contributed by atoms with van der Waals surface area (Å²) in [6.45, 7) is 5.60. The fourth-order valence-electron chi connectivity index (χ4n) is 5.65. The van der Waals surface area contributed by atoms with E-state index in [0.717, 1.165) is 38.3 Å². The molecule has 19 heteroatoms. The molecule has 1 aliphatic carbocycles. The highest BCUT2D eigenvalue weighted by atomic mass is 19.4.